The molecule has 0 spiro atoms. The molecule has 2 aromatic rings. The lowest BCUT2D eigenvalue weighted by molar-refractivity contribution is 0.510. The minimum Gasteiger partial charge on any atom is -0.300 e. The molecule has 1 aromatic heterocycles. The van der Waals surface area contributed by atoms with Crippen LogP contribution in [0.4, 0.5) is 8.78 Å². The van der Waals surface area contributed by atoms with E-state index in [0.29, 0.717) is 0 Å². The summed E-state index contributed by atoms with van der Waals surface area (Å²) in [6, 6.07) is 5.16. The lowest BCUT2D eigenvalue weighted by Gasteiger charge is -2.06. The van der Waals surface area contributed by atoms with E-state index < -0.39 is 17.2 Å². The second kappa shape index (κ2) is 5.20. The first kappa shape index (κ1) is 13.2. The first-order chi connectivity index (χ1) is 9.08. The minimum atomic E-state index is -1.14. The highest BCUT2D eigenvalue weighted by molar-refractivity contribution is 7.98. The quantitative estimate of drug-likeness (QED) is 0.676. The van der Waals surface area contributed by atoms with E-state index in [0.717, 1.165) is 17.8 Å². The van der Waals surface area contributed by atoms with Crippen LogP contribution >= 0.6 is 11.8 Å². The number of hydrogen-bond donors (Lipinski definition) is 1. The van der Waals surface area contributed by atoms with E-state index in [4.69, 9.17) is 5.26 Å². The van der Waals surface area contributed by atoms with E-state index in [1.165, 1.54) is 12.1 Å². The van der Waals surface area contributed by atoms with Gasteiger partial charge in [0.15, 0.2) is 16.8 Å². The summed E-state index contributed by atoms with van der Waals surface area (Å²) in [5, 5.41) is 9.18. The third kappa shape index (κ3) is 2.35. The molecule has 1 aromatic carbocycles. The Balaban J connectivity index is 2.81. The van der Waals surface area contributed by atoms with Gasteiger partial charge in [-0.05, 0) is 18.4 Å². The number of nitrogens with zero attached hydrogens (tertiary/aromatic N) is 2. The minimum absolute atomic E-state index is 0.160. The number of nitriles is 1. The van der Waals surface area contributed by atoms with Crippen molar-refractivity contribution in [1.29, 1.82) is 5.26 Å². The molecule has 0 amide bonds. The van der Waals surface area contributed by atoms with Crippen LogP contribution in [-0.2, 0) is 0 Å². The van der Waals surface area contributed by atoms with Crippen molar-refractivity contribution in [1.82, 2.24) is 9.97 Å². The van der Waals surface area contributed by atoms with Gasteiger partial charge in [-0.1, -0.05) is 17.8 Å². The molecule has 0 aliphatic carbocycles. The van der Waals surface area contributed by atoms with Crippen molar-refractivity contribution in [2.24, 2.45) is 0 Å². The van der Waals surface area contributed by atoms with E-state index in [-0.39, 0.29) is 22.0 Å². The predicted molar refractivity (Wildman–Crippen MR) is 66.7 cm³/mol. The number of benzene rings is 1. The van der Waals surface area contributed by atoms with Gasteiger partial charge in [-0.25, -0.2) is 13.8 Å². The number of aromatic nitrogens is 2. The van der Waals surface area contributed by atoms with E-state index in [1.807, 2.05) is 0 Å². The van der Waals surface area contributed by atoms with E-state index in [9.17, 15) is 13.6 Å². The largest absolute Gasteiger partial charge is 0.300 e. The number of aromatic amines is 1. The number of H-pyrrole nitrogens is 1. The van der Waals surface area contributed by atoms with Gasteiger partial charge in [-0.3, -0.25) is 4.79 Å². The second-order valence-electron chi connectivity index (χ2n) is 3.51. The van der Waals surface area contributed by atoms with Crippen LogP contribution in [0.25, 0.3) is 11.3 Å². The molecular weight excluding hydrogens is 272 g/mol. The van der Waals surface area contributed by atoms with Gasteiger partial charge in [0, 0.05) is 5.56 Å². The van der Waals surface area contributed by atoms with Crippen LogP contribution < -0.4 is 5.56 Å². The Morgan fingerprint density at radius 1 is 1.42 bits per heavy atom. The van der Waals surface area contributed by atoms with Crippen molar-refractivity contribution in [2.45, 2.75) is 5.16 Å². The summed E-state index contributed by atoms with van der Waals surface area (Å²) >= 11 is 1.13. The summed E-state index contributed by atoms with van der Waals surface area (Å²) in [6.45, 7) is 0. The van der Waals surface area contributed by atoms with Gasteiger partial charge in [-0.2, -0.15) is 5.26 Å². The first-order valence-electron chi connectivity index (χ1n) is 5.11. The molecule has 19 heavy (non-hydrogen) atoms. The van der Waals surface area contributed by atoms with Gasteiger partial charge in [0.25, 0.3) is 5.56 Å². The molecule has 2 rings (SSSR count). The Labute approximate surface area is 111 Å². The maximum absolute atomic E-state index is 13.7. The zero-order chi connectivity index (χ0) is 14.0. The molecule has 0 saturated heterocycles. The van der Waals surface area contributed by atoms with Crippen molar-refractivity contribution in [3.05, 3.63) is 45.8 Å². The molecule has 96 valence electrons. The van der Waals surface area contributed by atoms with Gasteiger partial charge in [-0.15, -0.1) is 0 Å². The second-order valence-corrected chi connectivity index (χ2v) is 4.31. The molecule has 0 radical (unpaired) electrons. The highest BCUT2D eigenvalue weighted by Gasteiger charge is 2.18. The molecule has 0 atom stereocenters. The van der Waals surface area contributed by atoms with Crippen LogP contribution in [0.15, 0.2) is 28.2 Å². The van der Waals surface area contributed by atoms with Crippen LogP contribution in [0.5, 0.6) is 0 Å². The lowest BCUT2D eigenvalue weighted by Crippen LogP contribution is -2.15. The fraction of sp³-hybridized carbons (Fsp3) is 0.0833. The molecule has 0 aliphatic rings. The van der Waals surface area contributed by atoms with E-state index in [1.54, 1.807) is 12.3 Å². The van der Waals surface area contributed by atoms with Crippen LogP contribution in [0.3, 0.4) is 0 Å². The number of nitrogens with one attached hydrogen (secondary N) is 1. The fourth-order valence-corrected chi connectivity index (χ4v) is 1.91. The Morgan fingerprint density at radius 3 is 2.79 bits per heavy atom. The Morgan fingerprint density at radius 2 is 2.16 bits per heavy atom. The van der Waals surface area contributed by atoms with Gasteiger partial charge < -0.3 is 4.98 Å². The van der Waals surface area contributed by atoms with Crippen molar-refractivity contribution in [2.75, 3.05) is 6.26 Å². The SMILES string of the molecule is CSc1nc(-c2cccc(F)c2F)c(C#N)c(=O)[nH]1. The number of halogens is 2. The van der Waals surface area contributed by atoms with Crippen molar-refractivity contribution >= 4 is 11.8 Å². The van der Waals surface area contributed by atoms with E-state index in [2.05, 4.69) is 9.97 Å². The summed E-state index contributed by atoms with van der Waals surface area (Å²) in [5.74, 6) is -2.20. The van der Waals surface area contributed by atoms with Crippen LogP contribution in [0, 0.1) is 23.0 Å². The standard InChI is InChI=1S/C12H7F2N3OS/c1-19-12-16-10(7(5-15)11(18)17-12)6-3-2-4-8(13)9(6)14/h2-4H,1H3,(H,16,17,18). The topological polar surface area (TPSA) is 69.5 Å². The van der Waals surface area contributed by atoms with Crippen LogP contribution in [-0.4, -0.2) is 16.2 Å². The highest BCUT2D eigenvalue weighted by Crippen LogP contribution is 2.25. The first-order valence-corrected chi connectivity index (χ1v) is 6.33. The third-order valence-electron chi connectivity index (χ3n) is 2.41. The van der Waals surface area contributed by atoms with Gasteiger partial charge in [0.1, 0.15) is 11.6 Å². The number of rotatable bonds is 2. The maximum Gasteiger partial charge on any atom is 0.270 e. The summed E-state index contributed by atoms with van der Waals surface area (Å²) in [7, 11) is 0. The molecule has 0 fully saturated rings. The Hall–Kier alpha value is -2.20. The zero-order valence-electron chi connectivity index (χ0n) is 9.70. The van der Waals surface area contributed by atoms with E-state index >= 15 is 0 Å². The van der Waals surface area contributed by atoms with Crippen LogP contribution in [0.1, 0.15) is 5.56 Å². The van der Waals surface area contributed by atoms with Crippen molar-refractivity contribution in [3.63, 3.8) is 0 Å². The van der Waals surface area contributed by atoms with Crippen LogP contribution in [0.2, 0.25) is 0 Å². The average molecular weight is 279 g/mol. The zero-order valence-corrected chi connectivity index (χ0v) is 10.5. The number of hydrogen-bond acceptors (Lipinski definition) is 4. The van der Waals surface area contributed by atoms with Crippen molar-refractivity contribution in [3.8, 4) is 17.3 Å². The predicted octanol–water partition coefficient (Wildman–Crippen LogP) is 2.31. The lowest BCUT2D eigenvalue weighted by atomic mass is 10.1. The summed E-state index contributed by atoms with van der Waals surface area (Å²) in [5.41, 5.74) is -1.40. The molecule has 0 saturated carbocycles. The van der Waals surface area contributed by atoms with Crippen molar-refractivity contribution < 1.29 is 8.78 Å². The molecule has 0 unspecified atom stereocenters. The molecular formula is C12H7F2N3OS. The summed E-state index contributed by atoms with van der Waals surface area (Å²) < 4.78 is 26.9. The molecule has 7 heteroatoms. The Kier molecular flexibility index (Phi) is 3.62. The molecule has 0 bridgehead atoms. The smallest absolute Gasteiger partial charge is 0.270 e. The maximum atomic E-state index is 13.7. The normalized spacial score (nSPS) is 10.2. The fourth-order valence-electron chi connectivity index (χ4n) is 1.53. The van der Waals surface area contributed by atoms with Gasteiger partial charge >= 0.3 is 0 Å². The highest BCUT2D eigenvalue weighted by atomic mass is 32.2. The molecule has 0 aliphatic heterocycles. The molecule has 4 nitrogen and oxygen atoms in total. The Bertz CT molecular complexity index is 737. The average Bonchev–Trinajstić information content (AvgIpc) is 2.41. The monoisotopic (exact) mass is 279 g/mol. The molecule has 1 N–H and O–H groups in total. The van der Waals surface area contributed by atoms with Gasteiger partial charge in [0.2, 0.25) is 0 Å². The number of thioether (sulfide) groups is 1. The molecule has 1 heterocycles. The van der Waals surface area contributed by atoms with Gasteiger partial charge in [0.05, 0.1) is 5.69 Å². The summed E-state index contributed by atoms with van der Waals surface area (Å²) in [6.07, 6.45) is 1.66. The third-order valence-corrected chi connectivity index (χ3v) is 2.99. The summed E-state index contributed by atoms with van der Waals surface area (Å²) in [4.78, 5) is 18.0.